The van der Waals surface area contributed by atoms with Gasteiger partial charge in [0.15, 0.2) is 0 Å². The number of hydrogen-bond acceptors (Lipinski definition) is 7. The second-order valence-electron chi connectivity index (χ2n) is 6.40. The van der Waals surface area contributed by atoms with E-state index in [1.807, 2.05) is 65.6 Å². The third-order valence-electron chi connectivity index (χ3n) is 4.32. The summed E-state index contributed by atoms with van der Waals surface area (Å²) >= 11 is 0. The van der Waals surface area contributed by atoms with Gasteiger partial charge in [-0.3, -0.25) is 10.1 Å². The summed E-state index contributed by atoms with van der Waals surface area (Å²) in [6.07, 6.45) is 1.35. The second-order valence-corrected chi connectivity index (χ2v) is 6.40. The third-order valence-corrected chi connectivity index (χ3v) is 4.32. The number of benzene rings is 2. The van der Waals surface area contributed by atoms with Gasteiger partial charge in [-0.05, 0) is 11.1 Å². The topological polar surface area (TPSA) is 93.4 Å². The number of ether oxygens (including phenoxy) is 1. The van der Waals surface area contributed by atoms with Crippen molar-refractivity contribution in [3.63, 3.8) is 0 Å². The molecule has 150 valence electrons. The Morgan fingerprint density at radius 3 is 2.10 bits per heavy atom. The monoisotopic (exact) mass is 393 g/mol. The van der Waals surface area contributed by atoms with Gasteiger partial charge in [0.05, 0.1) is 11.5 Å². The summed E-state index contributed by atoms with van der Waals surface area (Å²) < 4.78 is 5.01. The van der Waals surface area contributed by atoms with Crippen LogP contribution in [0.4, 0.5) is 17.3 Å². The molecular weight excluding hydrogens is 370 g/mol. The molecule has 0 amide bonds. The van der Waals surface area contributed by atoms with Crippen LogP contribution in [-0.2, 0) is 17.8 Å². The zero-order chi connectivity index (χ0) is 20.5. The summed E-state index contributed by atoms with van der Waals surface area (Å²) in [5.74, 6) is 0.459. The zero-order valence-corrected chi connectivity index (χ0v) is 16.2. The van der Waals surface area contributed by atoms with Crippen LogP contribution in [-0.4, -0.2) is 35.2 Å². The number of nitrogens with one attached hydrogen (secondary N) is 1. The van der Waals surface area contributed by atoms with E-state index in [1.165, 1.54) is 6.33 Å². The molecule has 0 aliphatic heterocycles. The standard InChI is InChI=1S/C21H23N5O3/c1-29-13-12-22-20-19(26(27)28)21(24-16-23-20)25(14-17-8-4-2-5-9-17)15-18-10-6-3-7-11-18/h2-11,16H,12-15H2,1H3,(H,22,23,24). The quantitative estimate of drug-likeness (QED) is 0.319. The predicted octanol–water partition coefficient (Wildman–Crippen LogP) is 3.65. The fourth-order valence-electron chi connectivity index (χ4n) is 2.98. The molecule has 8 nitrogen and oxygen atoms in total. The SMILES string of the molecule is COCCNc1ncnc(N(Cc2ccccc2)Cc2ccccc2)c1[N+](=O)[O-]. The van der Waals surface area contributed by atoms with Gasteiger partial charge in [-0.1, -0.05) is 60.7 Å². The van der Waals surface area contributed by atoms with Gasteiger partial charge >= 0.3 is 5.69 Å². The maximum atomic E-state index is 11.9. The van der Waals surface area contributed by atoms with Gasteiger partial charge < -0.3 is 15.0 Å². The van der Waals surface area contributed by atoms with Crippen molar-refractivity contribution in [3.8, 4) is 0 Å². The first kappa shape index (κ1) is 20.2. The Hall–Kier alpha value is -3.52. The fraction of sp³-hybridized carbons (Fsp3) is 0.238. The Balaban J connectivity index is 1.99. The first-order valence-corrected chi connectivity index (χ1v) is 9.24. The van der Waals surface area contributed by atoms with Gasteiger partial charge in [0, 0.05) is 26.7 Å². The molecule has 3 aromatic rings. The third kappa shape index (κ3) is 5.49. The molecule has 0 aliphatic rings. The lowest BCUT2D eigenvalue weighted by atomic mass is 10.1. The van der Waals surface area contributed by atoms with E-state index in [0.717, 1.165) is 11.1 Å². The maximum Gasteiger partial charge on any atom is 0.353 e. The lowest BCUT2D eigenvalue weighted by Gasteiger charge is -2.24. The highest BCUT2D eigenvalue weighted by molar-refractivity contribution is 5.70. The number of hydrogen-bond donors (Lipinski definition) is 1. The molecule has 2 aromatic carbocycles. The molecule has 0 saturated heterocycles. The number of aromatic nitrogens is 2. The van der Waals surface area contributed by atoms with Crippen LogP contribution in [0.1, 0.15) is 11.1 Å². The van der Waals surface area contributed by atoms with Gasteiger partial charge in [-0.25, -0.2) is 9.97 Å². The second kappa shape index (κ2) is 10.1. The molecule has 0 bridgehead atoms. The first-order chi connectivity index (χ1) is 14.2. The molecule has 1 aromatic heterocycles. The van der Waals surface area contributed by atoms with Crippen molar-refractivity contribution >= 4 is 17.3 Å². The van der Waals surface area contributed by atoms with E-state index in [0.29, 0.717) is 26.2 Å². The van der Waals surface area contributed by atoms with E-state index in [9.17, 15) is 10.1 Å². The van der Waals surface area contributed by atoms with Crippen molar-refractivity contribution in [2.75, 3.05) is 30.5 Å². The van der Waals surface area contributed by atoms with Gasteiger partial charge in [0.1, 0.15) is 6.33 Å². The molecule has 0 radical (unpaired) electrons. The number of methoxy groups -OCH3 is 1. The minimum Gasteiger partial charge on any atom is -0.383 e. The van der Waals surface area contributed by atoms with Gasteiger partial charge in [-0.2, -0.15) is 0 Å². The molecule has 0 unspecified atom stereocenters. The van der Waals surface area contributed by atoms with E-state index >= 15 is 0 Å². The van der Waals surface area contributed by atoms with Crippen molar-refractivity contribution < 1.29 is 9.66 Å². The molecule has 0 aliphatic carbocycles. The molecule has 0 atom stereocenters. The Morgan fingerprint density at radius 2 is 1.59 bits per heavy atom. The first-order valence-electron chi connectivity index (χ1n) is 9.24. The predicted molar refractivity (Wildman–Crippen MR) is 112 cm³/mol. The van der Waals surface area contributed by atoms with E-state index in [2.05, 4.69) is 15.3 Å². The highest BCUT2D eigenvalue weighted by Gasteiger charge is 2.27. The van der Waals surface area contributed by atoms with Gasteiger partial charge in [-0.15, -0.1) is 0 Å². The highest BCUT2D eigenvalue weighted by Crippen LogP contribution is 2.33. The summed E-state index contributed by atoms with van der Waals surface area (Å²) in [7, 11) is 1.57. The van der Waals surface area contributed by atoms with Crippen LogP contribution in [0.2, 0.25) is 0 Å². The van der Waals surface area contributed by atoms with Crippen molar-refractivity contribution in [1.29, 1.82) is 0 Å². The summed E-state index contributed by atoms with van der Waals surface area (Å²) in [6, 6.07) is 19.6. The summed E-state index contributed by atoms with van der Waals surface area (Å²) in [5, 5.41) is 14.9. The van der Waals surface area contributed by atoms with Crippen LogP contribution >= 0.6 is 0 Å². The number of rotatable bonds is 10. The average Bonchev–Trinajstić information content (AvgIpc) is 2.74. The fourth-order valence-corrected chi connectivity index (χ4v) is 2.98. The van der Waals surface area contributed by atoms with Gasteiger partial charge in [0.2, 0.25) is 11.6 Å². The van der Waals surface area contributed by atoms with Crippen LogP contribution in [0, 0.1) is 10.1 Å². The molecule has 29 heavy (non-hydrogen) atoms. The Kier molecular flexibility index (Phi) is 7.07. The molecule has 1 N–H and O–H groups in total. The normalized spacial score (nSPS) is 10.5. The smallest absolute Gasteiger partial charge is 0.353 e. The summed E-state index contributed by atoms with van der Waals surface area (Å²) in [6.45, 7) is 1.77. The molecule has 1 heterocycles. The highest BCUT2D eigenvalue weighted by atomic mass is 16.6. The molecular formula is C21H23N5O3. The molecule has 0 spiro atoms. The number of nitrogens with zero attached hydrogens (tertiary/aromatic N) is 4. The minimum atomic E-state index is -0.437. The van der Waals surface area contributed by atoms with Crippen molar-refractivity contribution in [2.45, 2.75) is 13.1 Å². The number of anilines is 2. The van der Waals surface area contributed by atoms with E-state index < -0.39 is 4.92 Å². The largest absolute Gasteiger partial charge is 0.383 e. The Morgan fingerprint density at radius 1 is 1.00 bits per heavy atom. The average molecular weight is 393 g/mol. The Bertz CT molecular complexity index is 881. The van der Waals surface area contributed by atoms with E-state index in [4.69, 9.17) is 4.74 Å². The minimum absolute atomic E-state index is 0.143. The van der Waals surface area contributed by atoms with Crippen LogP contribution in [0.5, 0.6) is 0 Å². The van der Waals surface area contributed by atoms with Crippen LogP contribution < -0.4 is 10.2 Å². The summed E-state index contributed by atoms with van der Waals surface area (Å²) in [5.41, 5.74) is 1.92. The van der Waals surface area contributed by atoms with E-state index in [-0.39, 0.29) is 17.3 Å². The van der Waals surface area contributed by atoms with Crippen molar-refractivity contribution in [2.24, 2.45) is 0 Å². The van der Waals surface area contributed by atoms with Crippen molar-refractivity contribution in [1.82, 2.24) is 9.97 Å². The molecule has 3 rings (SSSR count). The van der Waals surface area contributed by atoms with Crippen LogP contribution in [0.25, 0.3) is 0 Å². The lowest BCUT2D eigenvalue weighted by molar-refractivity contribution is -0.383. The lowest BCUT2D eigenvalue weighted by Crippen LogP contribution is -2.25. The Labute approximate surface area is 169 Å². The van der Waals surface area contributed by atoms with Crippen LogP contribution in [0.15, 0.2) is 67.0 Å². The van der Waals surface area contributed by atoms with E-state index in [1.54, 1.807) is 7.11 Å². The van der Waals surface area contributed by atoms with Gasteiger partial charge in [0.25, 0.3) is 0 Å². The van der Waals surface area contributed by atoms with Crippen molar-refractivity contribution in [3.05, 3.63) is 88.2 Å². The summed E-state index contributed by atoms with van der Waals surface area (Å²) in [4.78, 5) is 21.7. The van der Waals surface area contributed by atoms with Crippen LogP contribution in [0.3, 0.4) is 0 Å². The molecule has 0 saturated carbocycles. The molecule has 8 heteroatoms. The maximum absolute atomic E-state index is 11.9. The number of nitro groups is 1. The molecule has 0 fully saturated rings. The zero-order valence-electron chi connectivity index (χ0n) is 16.2.